The first-order chi connectivity index (χ1) is 55.1. The van der Waals surface area contributed by atoms with Crippen molar-refractivity contribution in [1.29, 1.82) is 0 Å². The molecule has 16 aromatic carbocycles. The van der Waals surface area contributed by atoms with E-state index in [1.165, 1.54) is 16.3 Å². The summed E-state index contributed by atoms with van der Waals surface area (Å²) in [5, 5.41) is 13.3. The zero-order valence-corrected chi connectivity index (χ0v) is 59.4. The molecule has 0 saturated heterocycles. The fraction of sp³-hybridized carbons (Fsp3) is 0. The summed E-state index contributed by atoms with van der Waals surface area (Å²) in [7, 11) is 0. The molecular weight excluding hydrogens is 1360 g/mol. The van der Waals surface area contributed by atoms with E-state index in [0.29, 0.717) is 11.9 Å². The molecule has 25 rings (SSSR count). The molecule has 0 unspecified atom stereocenters. The van der Waals surface area contributed by atoms with Gasteiger partial charge in [0.25, 0.3) is 0 Å². The van der Waals surface area contributed by atoms with Gasteiger partial charge in [-0.2, -0.15) is 0 Å². The molecule has 0 N–H and O–H groups in total. The SMILES string of the molecule is c1ccc(-c2cccc(-n3c4ccccc4c4ccc5c(c6ccccc6n5-c5nc6c7c(cccc7n5)N(c5ccc(-c7cccc8c7oc7cc(-n9c%10ccccc%10c%10ccc%11c(c%12ccccc%12n%11-c%11nc%12c%13c(cccc%13n%11)N(c%11ccccc%11)c%11ccccc%11-%12)c%109)ccc78)cc5)c5ccccc5-6)c43)c2)cc1. The van der Waals surface area contributed by atoms with E-state index in [0.717, 1.165) is 205 Å². The molecule has 111 heavy (non-hydrogen) atoms. The Bertz CT molecular complexity index is 7980. The van der Waals surface area contributed by atoms with Gasteiger partial charge in [-0.05, 0) is 138 Å². The summed E-state index contributed by atoms with van der Waals surface area (Å²) in [6.45, 7) is 0. The number of anilines is 6. The first-order valence-electron chi connectivity index (χ1n) is 37.7. The lowest BCUT2D eigenvalue weighted by atomic mass is 9.96. The smallest absolute Gasteiger partial charge is 0.235 e. The maximum absolute atomic E-state index is 7.21. The predicted molar refractivity (Wildman–Crippen MR) is 455 cm³/mol. The number of furan rings is 1. The number of para-hydroxylation sites is 8. The van der Waals surface area contributed by atoms with Crippen LogP contribution in [0.5, 0.6) is 0 Å². The lowest BCUT2D eigenvalue weighted by molar-refractivity contribution is 0.669. The second-order valence-electron chi connectivity index (χ2n) is 29.2. The number of rotatable bonds is 8. The normalized spacial score (nSPS) is 12.6. The zero-order valence-electron chi connectivity index (χ0n) is 59.4. The Morgan fingerprint density at radius 1 is 0.225 bits per heavy atom. The van der Waals surface area contributed by atoms with Crippen molar-refractivity contribution in [2.24, 2.45) is 0 Å². The highest BCUT2D eigenvalue weighted by Crippen LogP contribution is 2.54. The molecule has 2 aliphatic heterocycles. The molecule has 514 valence electrons. The number of hydrogen-bond acceptors (Lipinski definition) is 7. The van der Waals surface area contributed by atoms with Gasteiger partial charge in [-0.3, -0.25) is 9.13 Å². The molecule has 11 heteroatoms. The molecule has 7 aromatic heterocycles. The third-order valence-electron chi connectivity index (χ3n) is 23.4. The predicted octanol–water partition coefficient (Wildman–Crippen LogP) is 26.1. The van der Waals surface area contributed by atoms with Crippen molar-refractivity contribution in [3.63, 3.8) is 0 Å². The Kier molecular flexibility index (Phi) is 12.3. The van der Waals surface area contributed by atoms with Gasteiger partial charge in [0.2, 0.25) is 11.9 Å². The Morgan fingerprint density at radius 2 is 0.640 bits per heavy atom. The van der Waals surface area contributed by atoms with E-state index in [-0.39, 0.29) is 0 Å². The standard InChI is InChI=1S/C100H58N10O/c1-3-23-59(24-4-1)61-25-19-28-64(57-61)107-79-39-13-7-29-67(79)70-53-55-87-90(96(70)107)73-31-9-15-41-81(73)109(87)100-102-78-38-22-46-86-93(78)95(104-100)76-34-12-18-44-84(76)106(86)63-49-47-60(48-50-63)66-35-20-36-72-69-52-51-65(58-89(69)111-98(66)72)108-80-40-14-8-30-68(80)71-54-56-88-91(97(71)108)74-32-10-16-42-82(74)110(88)99-101-77-37-21-45-85-92(77)94(103-99)75-33-11-17-43-83(75)105(85)62-26-5-2-6-27-62/h1-58H. The Balaban J connectivity index is 0.596. The highest BCUT2D eigenvalue weighted by Gasteiger charge is 2.33. The Morgan fingerprint density at radius 3 is 1.22 bits per heavy atom. The maximum Gasteiger partial charge on any atom is 0.235 e. The van der Waals surface area contributed by atoms with Gasteiger partial charge >= 0.3 is 0 Å². The molecule has 0 bridgehead atoms. The molecule has 0 fully saturated rings. The van der Waals surface area contributed by atoms with Crippen LogP contribution in [0.15, 0.2) is 356 Å². The average molecular weight is 1420 g/mol. The third kappa shape index (κ3) is 8.40. The summed E-state index contributed by atoms with van der Waals surface area (Å²) in [5.41, 5.74) is 28.7. The maximum atomic E-state index is 7.21. The van der Waals surface area contributed by atoms with Gasteiger partial charge in [-0.15, -0.1) is 0 Å². The van der Waals surface area contributed by atoms with Gasteiger partial charge in [-0.1, -0.05) is 224 Å². The van der Waals surface area contributed by atoms with Crippen LogP contribution in [-0.2, 0) is 0 Å². The Labute approximate surface area is 633 Å². The van der Waals surface area contributed by atoms with Gasteiger partial charge in [0, 0.05) is 99.4 Å². The lowest BCUT2D eigenvalue weighted by Crippen LogP contribution is -2.16. The molecule has 0 atom stereocenters. The quantitative estimate of drug-likeness (QED) is 0.150. The minimum atomic E-state index is 0.616. The van der Waals surface area contributed by atoms with Crippen LogP contribution < -0.4 is 9.80 Å². The van der Waals surface area contributed by atoms with E-state index < -0.39 is 0 Å². The molecule has 9 heterocycles. The summed E-state index contributed by atoms with van der Waals surface area (Å²) in [4.78, 5) is 27.1. The largest absolute Gasteiger partial charge is 0.455 e. The van der Waals surface area contributed by atoms with Gasteiger partial charge in [0.15, 0.2) is 0 Å². The van der Waals surface area contributed by atoms with Crippen molar-refractivity contribution in [2.75, 3.05) is 9.80 Å². The van der Waals surface area contributed by atoms with Crippen molar-refractivity contribution in [2.45, 2.75) is 0 Å². The van der Waals surface area contributed by atoms with Crippen molar-refractivity contribution in [3.8, 4) is 68.0 Å². The van der Waals surface area contributed by atoms with Crippen LogP contribution in [0.25, 0.3) is 199 Å². The molecule has 2 aliphatic rings. The van der Waals surface area contributed by atoms with E-state index >= 15 is 0 Å². The van der Waals surface area contributed by atoms with Crippen LogP contribution in [0, 0.1) is 0 Å². The van der Waals surface area contributed by atoms with Gasteiger partial charge < -0.3 is 23.4 Å². The first-order valence-corrected chi connectivity index (χ1v) is 37.7. The molecule has 0 amide bonds. The van der Waals surface area contributed by atoms with Crippen LogP contribution in [-0.4, -0.2) is 38.2 Å². The van der Waals surface area contributed by atoms with Crippen LogP contribution in [0.4, 0.5) is 34.1 Å². The van der Waals surface area contributed by atoms with E-state index in [1.807, 2.05) is 0 Å². The van der Waals surface area contributed by atoms with Gasteiger partial charge in [0.1, 0.15) is 11.2 Å². The molecule has 0 radical (unpaired) electrons. The van der Waals surface area contributed by atoms with Crippen LogP contribution in [0.1, 0.15) is 0 Å². The van der Waals surface area contributed by atoms with Crippen molar-refractivity contribution in [1.82, 2.24) is 38.2 Å². The second kappa shape index (κ2) is 22.7. The fourth-order valence-electron chi connectivity index (χ4n) is 18.8. The van der Waals surface area contributed by atoms with E-state index in [2.05, 4.69) is 380 Å². The average Bonchev–Trinajstić information content (AvgIpc) is 1.41. The van der Waals surface area contributed by atoms with Crippen LogP contribution >= 0.6 is 0 Å². The zero-order chi connectivity index (χ0) is 72.3. The summed E-state index contributed by atoms with van der Waals surface area (Å²) >= 11 is 0. The minimum Gasteiger partial charge on any atom is -0.455 e. The first kappa shape index (κ1) is 60.0. The van der Waals surface area contributed by atoms with E-state index in [1.54, 1.807) is 0 Å². The monoisotopic (exact) mass is 1410 g/mol. The van der Waals surface area contributed by atoms with Crippen LogP contribution in [0.3, 0.4) is 0 Å². The number of nitrogens with zero attached hydrogens (tertiary/aromatic N) is 10. The molecule has 0 saturated carbocycles. The number of aromatic nitrogens is 8. The van der Waals surface area contributed by atoms with Crippen LogP contribution in [0.2, 0.25) is 0 Å². The molecule has 0 spiro atoms. The highest BCUT2D eigenvalue weighted by molar-refractivity contribution is 6.28. The van der Waals surface area contributed by atoms with E-state index in [4.69, 9.17) is 24.4 Å². The van der Waals surface area contributed by atoms with Crippen molar-refractivity contribution >= 4 is 165 Å². The highest BCUT2D eigenvalue weighted by atomic mass is 16.3. The summed E-state index contributed by atoms with van der Waals surface area (Å²) in [6.07, 6.45) is 0. The number of benzene rings is 16. The molecule has 0 aliphatic carbocycles. The van der Waals surface area contributed by atoms with Crippen molar-refractivity contribution in [3.05, 3.63) is 352 Å². The third-order valence-corrected chi connectivity index (χ3v) is 23.4. The second-order valence-corrected chi connectivity index (χ2v) is 29.2. The molecular formula is C100H58N10O. The van der Waals surface area contributed by atoms with Gasteiger partial charge in [-0.25, -0.2) is 19.9 Å². The Hall–Kier alpha value is -15.2. The molecule has 11 nitrogen and oxygen atoms in total. The van der Waals surface area contributed by atoms with Crippen molar-refractivity contribution < 1.29 is 4.42 Å². The fourth-order valence-corrected chi connectivity index (χ4v) is 18.8. The summed E-state index contributed by atoms with van der Waals surface area (Å²) in [6, 6.07) is 127. The molecule has 23 aromatic rings. The van der Waals surface area contributed by atoms with E-state index in [9.17, 15) is 0 Å². The summed E-state index contributed by atoms with van der Waals surface area (Å²) in [5.74, 6) is 1.23. The topological polar surface area (TPSA) is 90.9 Å². The number of fused-ring (bicyclic) bond motifs is 21. The summed E-state index contributed by atoms with van der Waals surface area (Å²) < 4.78 is 16.6. The lowest BCUT2D eigenvalue weighted by Gasteiger charge is -2.33. The van der Waals surface area contributed by atoms with Gasteiger partial charge in [0.05, 0.1) is 100 Å². The number of hydrogen-bond donors (Lipinski definition) is 0. The minimum absolute atomic E-state index is 0.616.